The van der Waals surface area contributed by atoms with Crippen molar-refractivity contribution in [3.63, 3.8) is 0 Å². The van der Waals surface area contributed by atoms with Crippen LogP contribution < -0.4 is 5.32 Å². The Morgan fingerprint density at radius 1 is 1.77 bits per heavy atom. The normalized spacial score (nSPS) is 8.92. The van der Waals surface area contributed by atoms with Crippen LogP contribution in [-0.2, 0) is 6.42 Å². The van der Waals surface area contributed by atoms with E-state index in [2.05, 4.69) is 10.3 Å². The van der Waals surface area contributed by atoms with Crippen LogP contribution in [0.5, 0.6) is 0 Å². The molecule has 0 aliphatic rings. The van der Waals surface area contributed by atoms with E-state index in [1.165, 1.54) is 0 Å². The van der Waals surface area contributed by atoms with Gasteiger partial charge in [0.25, 0.3) is 5.91 Å². The molecule has 0 atom stereocenters. The van der Waals surface area contributed by atoms with Crippen LogP contribution in [0.3, 0.4) is 0 Å². The largest absolute Gasteiger partial charge is 0.355 e. The van der Waals surface area contributed by atoms with Gasteiger partial charge < -0.3 is 5.32 Å². The van der Waals surface area contributed by atoms with E-state index in [4.69, 9.17) is 5.26 Å². The molecule has 0 aliphatic heterocycles. The molecule has 13 heavy (non-hydrogen) atoms. The Balaban J connectivity index is 3.05. The van der Waals surface area contributed by atoms with Gasteiger partial charge in [0.05, 0.1) is 23.7 Å². The van der Waals surface area contributed by atoms with E-state index >= 15 is 0 Å². The summed E-state index contributed by atoms with van der Waals surface area (Å²) >= 11 is 0. The van der Waals surface area contributed by atoms with Gasteiger partial charge in [0.1, 0.15) is 0 Å². The van der Waals surface area contributed by atoms with Crippen LogP contribution in [0.2, 0.25) is 0 Å². The first-order valence-electron chi connectivity index (χ1n) is 3.82. The predicted molar refractivity (Wildman–Crippen MR) is 46.9 cm³/mol. The summed E-state index contributed by atoms with van der Waals surface area (Å²) in [6.07, 6.45) is 1.72. The molecule has 1 heterocycles. The third-order valence-corrected chi connectivity index (χ3v) is 1.61. The number of hydrogen-bond acceptors (Lipinski definition) is 3. The number of nitriles is 1. The molecule has 0 radical (unpaired) electrons. The van der Waals surface area contributed by atoms with Gasteiger partial charge in [-0.05, 0) is 12.1 Å². The fourth-order valence-electron chi connectivity index (χ4n) is 0.995. The fraction of sp³-hybridized carbons (Fsp3) is 0.222. The zero-order valence-electron chi connectivity index (χ0n) is 7.24. The smallest absolute Gasteiger partial charge is 0.252 e. The molecule has 0 unspecified atom stereocenters. The van der Waals surface area contributed by atoms with Gasteiger partial charge in [-0.3, -0.25) is 9.78 Å². The van der Waals surface area contributed by atoms with Crippen LogP contribution in [0.1, 0.15) is 16.1 Å². The molecule has 66 valence electrons. The van der Waals surface area contributed by atoms with Crippen molar-refractivity contribution >= 4 is 5.91 Å². The number of pyridine rings is 1. The Bertz CT molecular complexity index is 354. The van der Waals surface area contributed by atoms with Gasteiger partial charge in [-0.25, -0.2) is 0 Å². The molecule has 1 N–H and O–H groups in total. The molecular formula is C9H9N3O. The minimum absolute atomic E-state index is 0.156. The minimum atomic E-state index is -0.210. The van der Waals surface area contributed by atoms with Crippen molar-refractivity contribution < 1.29 is 4.79 Å². The lowest BCUT2D eigenvalue weighted by Gasteiger charge is -2.02. The number of carbonyl (C=O) groups is 1. The molecule has 1 aromatic rings. The van der Waals surface area contributed by atoms with Gasteiger partial charge in [0.15, 0.2) is 0 Å². The summed E-state index contributed by atoms with van der Waals surface area (Å²) in [4.78, 5) is 15.2. The Hall–Kier alpha value is -1.89. The standard InChI is InChI=1S/C9H9N3O/c1-11-9(13)7-3-2-6-12-8(7)4-5-10/h2-3,6H,4H2,1H3,(H,11,13). The molecule has 0 aliphatic carbocycles. The first-order valence-corrected chi connectivity index (χ1v) is 3.82. The zero-order chi connectivity index (χ0) is 9.68. The summed E-state index contributed by atoms with van der Waals surface area (Å²) in [5, 5.41) is 11.0. The van der Waals surface area contributed by atoms with Gasteiger partial charge in [-0.2, -0.15) is 5.26 Å². The molecule has 1 amide bonds. The van der Waals surface area contributed by atoms with Crippen molar-refractivity contribution in [2.45, 2.75) is 6.42 Å². The molecule has 0 saturated heterocycles. The topological polar surface area (TPSA) is 65.8 Å². The molecule has 1 rings (SSSR count). The van der Waals surface area contributed by atoms with Gasteiger partial charge in [0.2, 0.25) is 0 Å². The lowest BCUT2D eigenvalue weighted by molar-refractivity contribution is 0.0962. The highest BCUT2D eigenvalue weighted by Gasteiger charge is 2.09. The van der Waals surface area contributed by atoms with E-state index in [0.717, 1.165) is 0 Å². The summed E-state index contributed by atoms with van der Waals surface area (Å²) < 4.78 is 0. The van der Waals surface area contributed by atoms with Crippen LogP contribution in [0, 0.1) is 11.3 Å². The second kappa shape index (κ2) is 4.21. The zero-order valence-corrected chi connectivity index (χ0v) is 7.24. The van der Waals surface area contributed by atoms with Crippen molar-refractivity contribution in [3.05, 3.63) is 29.6 Å². The van der Waals surface area contributed by atoms with Gasteiger partial charge in [-0.1, -0.05) is 0 Å². The average molecular weight is 175 g/mol. The Morgan fingerprint density at radius 2 is 2.54 bits per heavy atom. The maximum absolute atomic E-state index is 11.2. The van der Waals surface area contributed by atoms with E-state index in [9.17, 15) is 4.79 Å². The number of hydrogen-bond donors (Lipinski definition) is 1. The Labute approximate surface area is 76.2 Å². The first-order chi connectivity index (χ1) is 6.29. The molecule has 0 aromatic carbocycles. The molecule has 0 saturated carbocycles. The second-order valence-electron chi connectivity index (χ2n) is 2.41. The summed E-state index contributed by atoms with van der Waals surface area (Å²) in [5.74, 6) is -0.210. The predicted octanol–water partition coefficient (Wildman–Crippen LogP) is 0.507. The van der Waals surface area contributed by atoms with Crippen LogP contribution >= 0.6 is 0 Å². The first kappa shape index (κ1) is 9.20. The van der Waals surface area contributed by atoms with Gasteiger partial charge >= 0.3 is 0 Å². The molecule has 4 nitrogen and oxygen atoms in total. The minimum Gasteiger partial charge on any atom is -0.355 e. The highest BCUT2D eigenvalue weighted by molar-refractivity contribution is 5.95. The lowest BCUT2D eigenvalue weighted by Crippen LogP contribution is -2.20. The van der Waals surface area contributed by atoms with Gasteiger partial charge in [-0.15, -0.1) is 0 Å². The quantitative estimate of drug-likeness (QED) is 0.712. The van der Waals surface area contributed by atoms with E-state index in [0.29, 0.717) is 11.3 Å². The highest BCUT2D eigenvalue weighted by Crippen LogP contribution is 2.05. The van der Waals surface area contributed by atoms with Crippen LogP contribution in [0.25, 0.3) is 0 Å². The number of nitrogens with zero attached hydrogens (tertiary/aromatic N) is 2. The van der Waals surface area contributed by atoms with Crippen LogP contribution in [-0.4, -0.2) is 17.9 Å². The van der Waals surface area contributed by atoms with Crippen molar-refractivity contribution in [3.8, 4) is 6.07 Å². The van der Waals surface area contributed by atoms with Crippen molar-refractivity contribution in [1.82, 2.24) is 10.3 Å². The monoisotopic (exact) mass is 175 g/mol. The molecule has 0 bridgehead atoms. The van der Waals surface area contributed by atoms with Crippen LogP contribution in [0.15, 0.2) is 18.3 Å². The molecule has 0 fully saturated rings. The third kappa shape index (κ3) is 2.03. The number of nitrogens with one attached hydrogen (secondary N) is 1. The van der Waals surface area contributed by atoms with E-state index < -0.39 is 0 Å². The van der Waals surface area contributed by atoms with E-state index in [1.54, 1.807) is 25.4 Å². The maximum atomic E-state index is 11.2. The molecule has 4 heteroatoms. The van der Waals surface area contributed by atoms with E-state index in [-0.39, 0.29) is 12.3 Å². The Morgan fingerprint density at radius 3 is 3.15 bits per heavy atom. The van der Waals surface area contributed by atoms with Crippen molar-refractivity contribution in [2.75, 3.05) is 7.05 Å². The summed E-state index contributed by atoms with van der Waals surface area (Å²) in [6.45, 7) is 0. The second-order valence-corrected chi connectivity index (χ2v) is 2.41. The van der Waals surface area contributed by atoms with Crippen LogP contribution in [0.4, 0.5) is 0 Å². The molecule has 1 aromatic heterocycles. The lowest BCUT2D eigenvalue weighted by atomic mass is 10.1. The fourth-order valence-corrected chi connectivity index (χ4v) is 0.995. The molecule has 0 spiro atoms. The van der Waals surface area contributed by atoms with Crippen molar-refractivity contribution in [2.24, 2.45) is 0 Å². The highest BCUT2D eigenvalue weighted by atomic mass is 16.1. The average Bonchev–Trinajstić information content (AvgIpc) is 2.18. The molecular weight excluding hydrogens is 166 g/mol. The third-order valence-electron chi connectivity index (χ3n) is 1.61. The van der Waals surface area contributed by atoms with E-state index in [1.807, 2.05) is 6.07 Å². The number of amides is 1. The number of aromatic nitrogens is 1. The number of carbonyl (C=O) groups excluding carboxylic acids is 1. The summed E-state index contributed by atoms with van der Waals surface area (Å²) in [6, 6.07) is 5.28. The van der Waals surface area contributed by atoms with Crippen molar-refractivity contribution in [1.29, 1.82) is 5.26 Å². The number of rotatable bonds is 2. The SMILES string of the molecule is CNC(=O)c1cccnc1CC#N. The Kier molecular flexibility index (Phi) is 2.98. The summed E-state index contributed by atoms with van der Waals surface area (Å²) in [5.41, 5.74) is 0.982. The van der Waals surface area contributed by atoms with Gasteiger partial charge in [0, 0.05) is 13.2 Å². The maximum Gasteiger partial charge on any atom is 0.252 e. The summed E-state index contributed by atoms with van der Waals surface area (Å²) in [7, 11) is 1.55.